The summed E-state index contributed by atoms with van der Waals surface area (Å²) in [7, 11) is 0. The smallest absolute Gasteiger partial charge is 0.330 e. The van der Waals surface area contributed by atoms with E-state index in [0.717, 1.165) is 0 Å². The molecule has 0 bridgehead atoms. The highest BCUT2D eigenvalue weighted by Gasteiger charge is 2.25. The molecule has 100 valence electrons. The monoisotopic (exact) mass is 252 g/mol. The van der Waals surface area contributed by atoms with Crippen LogP contribution in [0.25, 0.3) is 0 Å². The van der Waals surface area contributed by atoms with Crippen molar-refractivity contribution >= 4 is 11.5 Å². The van der Waals surface area contributed by atoms with Gasteiger partial charge in [0.1, 0.15) is 11.5 Å². The van der Waals surface area contributed by atoms with Gasteiger partial charge in [0.25, 0.3) is 5.56 Å². The van der Waals surface area contributed by atoms with Crippen molar-refractivity contribution in [1.82, 2.24) is 9.55 Å². The summed E-state index contributed by atoms with van der Waals surface area (Å²) in [6.07, 6.45) is 3.61. The van der Waals surface area contributed by atoms with Crippen LogP contribution >= 0.6 is 0 Å². The highest BCUT2D eigenvalue weighted by Crippen LogP contribution is 2.31. The van der Waals surface area contributed by atoms with Crippen LogP contribution in [0, 0.1) is 5.92 Å². The van der Waals surface area contributed by atoms with Crippen LogP contribution in [-0.2, 0) is 6.54 Å². The molecular weight excluding hydrogens is 232 g/mol. The van der Waals surface area contributed by atoms with Crippen LogP contribution in [0.5, 0.6) is 0 Å². The minimum Gasteiger partial charge on any atom is -0.383 e. The van der Waals surface area contributed by atoms with E-state index in [4.69, 9.17) is 5.73 Å². The Morgan fingerprint density at radius 1 is 1.50 bits per heavy atom. The fourth-order valence-electron chi connectivity index (χ4n) is 2.33. The van der Waals surface area contributed by atoms with Crippen LogP contribution < -0.4 is 22.3 Å². The summed E-state index contributed by atoms with van der Waals surface area (Å²) in [5.41, 5.74) is 5.31. The van der Waals surface area contributed by atoms with Crippen LogP contribution in [0.4, 0.5) is 11.5 Å². The first-order valence-electron chi connectivity index (χ1n) is 6.43. The first-order chi connectivity index (χ1) is 8.54. The van der Waals surface area contributed by atoms with E-state index in [-0.39, 0.29) is 11.9 Å². The Kier molecular flexibility index (Phi) is 3.45. The van der Waals surface area contributed by atoms with E-state index in [0.29, 0.717) is 18.2 Å². The lowest BCUT2D eigenvalue weighted by molar-refractivity contribution is 0.285. The second-order valence-electron chi connectivity index (χ2n) is 4.89. The predicted molar refractivity (Wildman–Crippen MR) is 71.8 cm³/mol. The summed E-state index contributed by atoms with van der Waals surface area (Å²) in [5.74, 6) is 0.809. The van der Waals surface area contributed by atoms with Gasteiger partial charge in [-0.15, -0.1) is 0 Å². The zero-order valence-corrected chi connectivity index (χ0v) is 10.8. The van der Waals surface area contributed by atoms with Crippen molar-refractivity contribution in [2.75, 3.05) is 11.1 Å². The van der Waals surface area contributed by atoms with Crippen molar-refractivity contribution in [1.29, 1.82) is 0 Å². The van der Waals surface area contributed by atoms with E-state index in [1.807, 2.05) is 13.8 Å². The van der Waals surface area contributed by atoms with Gasteiger partial charge in [0.05, 0.1) is 0 Å². The first-order valence-corrected chi connectivity index (χ1v) is 6.43. The Morgan fingerprint density at radius 3 is 2.67 bits per heavy atom. The number of nitrogen functional groups attached to an aromatic ring is 1. The van der Waals surface area contributed by atoms with Crippen molar-refractivity contribution in [2.24, 2.45) is 5.92 Å². The standard InChI is InChI=1S/C12H20N4O2/c1-3-16-10(13)9(11(17)15-12(16)18)14-7(2)8-5-4-6-8/h7-8,14H,3-6,13H2,1-2H3,(H,15,17,18). The molecule has 18 heavy (non-hydrogen) atoms. The van der Waals surface area contributed by atoms with Crippen molar-refractivity contribution < 1.29 is 0 Å². The maximum absolute atomic E-state index is 11.8. The highest BCUT2D eigenvalue weighted by atomic mass is 16.2. The van der Waals surface area contributed by atoms with Crippen molar-refractivity contribution in [3.8, 4) is 0 Å². The van der Waals surface area contributed by atoms with Crippen molar-refractivity contribution in [2.45, 2.75) is 45.7 Å². The molecule has 1 unspecified atom stereocenters. The largest absolute Gasteiger partial charge is 0.383 e. The van der Waals surface area contributed by atoms with Crippen molar-refractivity contribution in [3.05, 3.63) is 20.8 Å². The number of anilines is 2. The zero-order valence-electron chi connectivity index (χ0n) is 10.8. The molecule has 0 amide bonds. The normalized spacial score (nSPS) is 17.2. The first kappa shape index (κ1) is 12.7. The average Bonchev–Trinajstić information content (AvgIpc) is 2.22. The number of hydrogen-bond acceptors (Lipinski definition) is 4. The molecule has 1 aromatic rings. The van der Waals surface area contributed by atoms with Gasteiger partial charge in [-0.25, -0.2) is 4.79 Å². The minimum absolute atomic E-state index is 0.199. The molecule has 1 fully saturated rings. The molecule has 1 aliphatic carbocycles. The Morgan fingerprint density at radius 2 is 2.17 bits per heavy atom. The van der Waals surface area contributed by atoms with E-state index in [1.54, 1.807) is 0 Å². The molecule has 1 atom stereocenters. The molecule has 0 spiro atoms. The number of H-pyrrole nitrogens is 1. The topological polar surface area (TPSA) is 92.9 Å². The third-order valence-electron chi connectivity index (χ3n) is 3.78. The molecule has 1 saturated carbocycles. The molecule has 2 rings (SSSR count). The Balaban J connectivity index is 2.32. The van der Waals surface area contributed by atoms with Gasteiger partial charge < -0.3 is 11.1 Å². The predicted octanol–water partition coefficient (Wildman–Crippen LogP) is 0.739. The summed E-state index contributed by atoms with van der Waals surface area (Å²) in [4.78, 5) is 25.6. The lowest BCUT2D eigenvalue weighted by Crippen LogP contribution is -2.38. The Labute approximate surface area is 105 Å². The summed E-state index contributed by atoms with van der Waals surface area (Å²) >= 11 is 0. The third kappa shape index (κ3) is 2.14. The van der Waals surface area contributed by atoms with Gasteiger partial charge in [-0.3, -0.25) is 14.3 Å². The SMILES string of the molecule is CCn1c(N)c(NC(C)C2CCC2)c(=O)[nH]c1=O. The number of hydrogen-bond donors (Lipinski definition) is 3. The highest BCUT2D eigenvalue weighted by molar-refractivity contribution is 5.60. The Hall–Kier alpha value is -1.72. The quantitative estimate of drug-likeness (QED) is 0.736. The molecule has 1 heterocycles. The van der Waals surface area contributed by atoms with E-state index in [2.05, 4.69) is 10.3 Å². The lowest BCUT2D eigenvalue weighted by Gasteiger charge is -2.32. The molecule has 6 nitrogen and oxygen atoms in total. The number of nitrogens with two attached hydrogens (primary N) is 1. The van der Waals surface area contributed by atoms with Gasteiger partial charge in [-0.05, 0) is 32.6 Å². The molecule has 6 heteroatoms. The fourth-order valence-corrected chi connectivity index (χ4v) is 2.33. The molecule has 4 N–H and O–H groups in total. The minimum atomic E-state index is -0.457. The van der Waals surface area contributed by atoms with Crippen LogP contribution in [0.2, 0.25) is 0 Å². The van der Waals surface area contributed by atoms with Crippen LogP contribution in [0.1, 0.15) is 33.1 Å². The van der Waals surface area contributed by atoms with E-state index < -0.39 is 11.2 Å². The van der Waals surface area contributed by atoms with Crippen LogP contribution in [-0.4, -0.2) is 15.6 Å². The van der Waals surface area contributed by atoms with Gasteiger partial charge in [0.2, 0.25) is 0 Å². The van der Waals surface area contributed by atoms with Gasteiger partial charge in [-0.2, -0.15) is 0 Å². The molecule has 1 aliphatic rings. The maximum atomic E-state index is 11.8. The van der Waals surface area contributed by atoms with E-state index >= 15 is 0 Å². The molecule has 0 saturated heterocycles. The van der Waals surface area contributed by atoms with Crippen molar-refractivity contribution in [3.63, 3.8) is 0 Å². The third-order valence-corrected chi connectivity index (χ3v) is 3.78. The van der Waals surface area contributed by atoms with Gasteiger partial charge in [0.15, 0.2) is 0 Å². The Bertz CT molecular complexity index is 542. The molecule has 0 aromatic carbocycles. The molecular formula is C12H20N4O2. The second-order valence-corrected chi connectivity index (χ2v) is 4.89. The summed E-state index contributed by atoms with van der Waals surface area (Å²) in [6.45, 7) is 4.30. The number of nitrogens with one attached hydrogen (secondary N) is 2. The van der Waals surface area contributed by atoms with E-state index in [1.165, 1.54) is 23.8 Å². The zero-order chi connectivity index (χ0) is 13.3. The summed E-state index contributed by atoms with van der Waals surface area (Å²) < 4.78 is 1.36. The second kappa shape index (κ2) is 4.88. The van der Waals surface area contributed by atoms with Gasteiger partial charge in [-0.1, -0.05) is 6.42 Å². The van der Waals surface area contributed by atoms with Gasteiger partial charge in [0, 0.05) is 12.6 Å². The fraction of sp³-hybridized carbons (Fsp3) is 0.667. The average molecular weight is 252 g/mol. The van der Waals surface area contributed by atoms with Crippen LogP contribution in [0.3, 0.4) is 0 Å². The number of aromatic nitrogens is 2. The molecule has 1 aromatic heterocycles. The molecule has 0 aliphatic heterocycles. The number of nitrogens with zero attached hydrogens (tertiary/aromatic N) is 1. The van der Waals surface area contributed by atoms with Gasteiger partial charge >= 0.3 is 5.69 Å². The van der Waals surface area contributed by atoms with Crippen LogP contribution in [0.15, 0.2) is 9.59 Å². The number of rotatable bonds is 4. The van der Waals surface area contributed by atoms with E-state index in [9.17, 15) is 9.59 Å². The summed E-state index contributed by atoms with van der Waals surface area (Å²) in [6, 6.07) is 0.199. The lowest BCUT2D eigenvalue weighted by atomic mass is 9.80. The maximum Gasteiger partial charge on any atom is 0.330 e. The molecule has 0 radical (unpaired) electrons. The summed E-state index contributed by atoms with van der Waals surface area (Å²) in [5, 5.41) is 3.15. The number of aromatic amines is 1.